The molecule has 5 rings (SSSR count). The minimum absolute atomic E-state index is 0.0245. The third kappa shape index (κ3) is 7.43. The van der Waals surface area contributed by atoms with Crippen molar-refractivity contribution in [3.05, 3.63) is 53.2 Å². The zero-order chi connectivity index (χ0) is 32.8. The lowest BCUT2D eigenvalue weighted by Gasteiger charge is -2.22. The standard InChI is InChI=1S/C28H30F4N6O5S2/c1-12(17-6-5-16(10-18(17)29)43-28(30,31)32)34-27-35-13(2)21(26-37-22-14(3)33-8-7-20(22)44-26)25(38-27)36-19-9-15(11-45(4,41)42)23(39)24(19)40/h5-8,10,12,15,19,23-24,39-40H,9,11H2,1-4H3,(H2,34,35,36,38)/t12-,15-,19-,23-,24+/m1/s1. The minimum Gasteiger partial charge on any atom is -0.406 e. The van der Waals surface area contributed by atoms with Crippen LogP contribution in [-0.2, 0) is 9.84 Å². The van der Waals surface area contributed by atoms with Gasteiger partial charge in [-0.25, -0.2) is 22.8 Å². The third-order valence-corrected chi connectivity index (χ3v) is 9.52. The summed E-state index contributed by atoms with van der Waals surface area (Å²) in [4.78, 5) is 18.2. The monoisotopic (exact) mass is 670 g/mol. The summed E-state index contributed by atoms with van der Waals surface area (Å²) in [6, 6.07) is 3.00. The smallest absolute Gasteiger partial charge is 0.406 e. The molecule has 4 aromatic rings. The van der Waals surface area contributed by atoms with Gasteiger partial charge in [-0.1, -0.05) is 6.07 Å². The molecule has 3 aromatic heterocycles. The molecule has 3 heterocycles. The molecule has 4 N–H and O–H groups in total. The number of benzene rings is 1. The maximum Gasteiger partial charge on any atom is 0.573 e. The van der Waals surface area contributed by atoms with Gasteiger partial charge in [-0.2, -0.15) is 4.98 Å². The first-order valence-corrected chi connectivity index (χ1v) is 16.6. The Labute approximate surface area is 259 Å². The molecule has 17 heteroatoms. The second-order valence-corrected chi connectivity index (χ2v) is 14.3. The van der Waals surface area contributed by atoms with Gasteiger partial charge in [0.25, 0.3) is 0 Å². The fourth-order valence-electron chi connectivity index (χ4n) is 5.41. The molecule has 11 nitrogen and oxygen atoms in total. The van der Waals surface area contributed by atoms with E-state index in [0.717, 1.165) is 23.1 Å². The number of fused-ring (bicyclic) bond motifs is 1. The van der Waals surface area contributed by atoms with Crippen molar-refractivity contribution >= 4 is 43.2 Å². The number of pyridine rings is 1. The van der Waals surface area contributed by atoms with Crippen LogP contribution < -0.4 is 15.4 Å². The molecule has 242 valence electrons. The number of ether oxygens (including phenoxy) is 1. The predicted octanol–water partition coefficient (Wildman–Crippen LogP) is 4.54. The summed E-state index contributed by atoms with van der Waals surface area (Å²) in [6.07, 6.45) is -4.75. The third-order valence-electron chi connectivity index (χ3n) is 7.45. The number of aromatic nitrogens is 4. The van der Waals surface area contributed by atoms with Crippen LogP contribution in [0, 0.1) is 25.6 Å². The molecule has 0 aliphatic heterocycles. The van der Waals surface area contributed by atoms with Crippen molar-refractivity contribution in [3.8, 4) is 16.3 Å². The molecule has 1 aliphatic carbocycles. The van der Waals surface area contributed by atoms with Gasteiger partial charge in [-0.05, 0) is 39.3 Å². The first-order chi connectivity index (χ1) is 21.0. The molecule has 5 atom stereocenters. The molecule has 0 spiro atoms. The van der Waals surface area contributed by atoms with E-state index in [1.165, 1.54) is 11.3 Å². The molecule has 0 radical (unpaired) electrons. The van der Waals surface area contributed by atoms with Gasteiger partial charge in [0.1, 0.15) is 43.9 Å². The fraction of sp³-hybridized carbons (Fsp3) is 0.429. The number of nitrogens with zero attached hydrogens (tertiary/aromatic N) is 4. The Bertz CT molecular complexity index is 1840. The number of thiazole rings is 1. The van der Waals surface area contributed by atoms with Gasteiger partial charge in [0.2, 0.25) is 5.95 Å². The second-order valence-electron chi connectivity index (χ2n) is 11.0. The van der Waals surface area contributed by atoms with Crippen molar-refractivity contribution < 1.29 is 40.9 Å². The van der Waals surface area contributed by atoms with E-state index >= 15 is 0 Å². The van der Waals surface area contributed by atoms with Crippen molar-refractivity contribution in [3.63, 3.8) is 0 Å². The van der Waals surface area contributed by atoms with Crippen LogP contribution in [0.1, 0.15) is 36.3 Å². The Hall–Kier alpha value is -3.67. The van der Waals surface area contributed by atoms with Crippen molar-refractivity contribution in [2.75, 3.05) is 22.6 Å². The molecule has 1 aliphatic rings. The average Bonchev–Trinajstić information content (AvgIpc) is 3.44. The molecule has 1 saturated carbocycles. The van der Waals surface area contributed by atoms with Crippen molar-refractivity contribution in [1.29, 1.82) is 0 Å². The predicted molar refractivity (Wildman–Crippen MR) is 160 cm³/mol. The van der Waals surface area contributed by atoms with Gasteiger partial charge in [-0.3, -0.25) is 4.98 Å². The van der Waals surface area contributed by atoms with E-state index in [-0.39, 0.29) is 29.5 Å². The van der Waals surface area contributed by atoms with Gasteiger partial charge in [-0.15, -0.1) is 24.5 Å². The quantitative estimate of drug-likeness (QED) is 0.185. The Morgan fingerprint density at radius 3 is 2.49 bits per heavy atom. The zero-order valence-corrected chi connectivity index (χ0v) is 26.1. The lowest BCUT2D eigenvalue weighted by atomic mass is 10.1. The molecular weight excluding hydrogens is 640 g/mol. The van der Waals surface area contributed by atoms with Crippen LogP contribution in [0.25, 0.3) is 20.8 Å². The van der Waals surface area contributed by atoms with E-state index in [1.54, 1.807) is 20.0 Å². The number of hydrogen-bond acceptors (Lipinski definition) is 12. The summed E-state index contributed by atoms with van der Waals surface area (Å²) in [5.41, 5.74) is 2.35. The summed E-state index contributed by atoms with van der Waals surface area (Å²) < 4.78 is 81.0. The normalized spacial score (nSPS) is 21.2. The van der Waals surface area contributed by atoms with Crippen LogP contribution in [0.4, 0.5) is 29.3 Å². The van der Waals surface area contributed by atoms with E-state index in [4.69, 9.17) is 4.98 Å². The number of aliphatic hydroxyl groups excluding tert-OH is 2. The fourth-order valence-corrected chi connectivity index (χ4v) is 7.63. The van der Waals surface area contributed by atoms with Gasteiger partial charge >= 0.3 is 6.36 Å². The highest BCUT2D eigenvalue weighted by molar-refractivity contribution is 7.90. The van der Waals surface area contributed by atoms with E-state index in [9.17, 15) is 36.2 Å². The SMILES string of the molecule is Cc1nc(N[C@H](C)c2ccc(OC(F)(F)F)cc2F)nc(N[C@@H]2C[C@H](CS(C)(=O)=O)[C@@H](O)[C@H]2O)c1-c1nc2c(C)nccc2s1. The highest BCUT2D eigenvalue weighted by Gasteiger charge is 2.43. The maximum atomic E-state index is 14.8. The molecule has 0 bridgehead atoms. The number of nitrogens with one attached hydrogen (secondary N) is 2. The minimum atomic E-state index is -4.97. The Balaban J connectivity index is 1.50. The largest absolute Gasteiger partial charge is 0.573 e. The molecule has 45 heavy (non-hydrogen) atoms. The number of aryl methyl sites for hydroxylation is 2. The molecule has 0 unspecified atom stereocenters. The van der Waals surface area contributed by atoms with Crippen LogP contribution in [0.3, 0.4) is 0 Å². The number of sulfone groups is 1. The van der Waals surface area contributed by atoms with E-state index in [2.05, 4.69) is 30.3 Å². The summed E-state index contributed by atoms with van der Waals surface area (Å²) in [6.45, 7) is 5.09. The molecule has 0 saturated heterocycles. The maximum absolute atomic E-state index is 14.8. The molecule has 1 aromatic carbocycles. The lowest BCUT2D eigenvalue weighted by molar-refractivity contribution is -0.274. The first kappa shape index (κ1) is 32.7. The zero-order valence-electron chi connectivity index (χ0n) is 24.4. The van der Waals surface area contributed by atoms with Crippen LogP contribution in [0.5, 0.6) is 5.75 Å². The van der Waals surface area contributed by atoms with Gasteiger partial charge in [0.05, 0.1) is 45.6 Å². The Kier molecular flexibility index (Phi) is 8.91. The first-order valence-electron chi connectivity index (χ1n) is 13.7. The van der Waals surface area contributed by atoms with Crippen LogP contribution in [0.15, 0.2) is 30.5 Å². The average molecular weight is 671 g/mol. The number of alkyl halides is 3. The van der Waals surface area contributed by atoms with E-state index in [0.29, 0.717) is 33.5 Å². The van der Waals surface area contributed by atoms with Crippen LogP contribution >= 0.6 is 11.3 Å². The topological polar surface area (TPSA) is 159 Å². The number of hydrogen-bond donors (Lipinski definition) is 4. The van der Waals surface area contributed by atoms with Crippen LogP contribution in [-0.4, -0.2) is 75.2 Å². The number of anilines is 2. The van der Waals surface area contributed by atoms with Crippen molar-refractivity contribution in [2.45, 2.75) is 57.8 Å². The molecular formula is C28H30F4N6O5S2. The lowest BCUT2D eigenvalue weighted by Crippen LogP contribution is -2.36. The Morgan fingerprint density at radius 1 is 1.11 bits per heavy atom. The van der Waals surface area contributed by atoms with Crippen LogP contribution in [0.2, 0.25) is 0 Å². The second kappa shape index (κ2) is 12.3. The Morgan fingerprint density at radius 2 is 1.84 bits per heavy atom. The van der Waals surface area contributed by atoms with Crippen molar-refractivity contribution in [1.82, 2.24) is 19.9 Å². The summed E-state index contributed by atoms with van der Waals surface area (Å²) >= 11 is 1.36. The number of rotatable bonds is 9. The van der Waals surface area contributed by atoms with E-state index in [1.807, 2.05) is 13.0 Å². The van der Waals surface area contributed by atoms with E-state index < -0.39 is 58.0 Å². The molecule has 1 fully saturated rings. The van der Waals surface area contributed by atoms with Gasteiger partial charge in [0.15, 0.2) is 0 Å². The number of halogens is 4. The highest BCUT2D eigenvalue weighted by atomic mass is 32.2. The molecule has 0 amide bonds. The number of aliphatic hydroxyl groups is 2. The van der Waals surface area contributed by atoms with Crippen molar-refractivity contribution in [2.24, 2.45) is 5.92 Å². The highest BCUT2D eigenvalue weighted by Crippen LogP contribution is 2.39. The summed E-state index contributed by atoms with van der Waals surface area (Å²) in [5, 5.41) is 28.1. The van der Waals surface area contributed by atoms with Gasteiger partial charge < -0.3 is 25.6 Å². The summed E-state index contributed by atoms with van der Waals surface area (Å²) in [7, 11) is -3.44. The van der Waals surface area contributed by atoms with Gasteiger partial charge in [0, 0.05) is 30.0 Å². The summed E-state index contributed by atoms with van der Waals surface area (Å²) in [5.74, 6) is -2.44.